The molecule has 30 heavy (non-hydrogen) atoms. The third-order valence-corrected chi connectivity index (χ3v) is 5.38. The normalized spacial score (nSPS) is 22.6. The molecule has 3 N–H and O–H groups in total. The van der Waals surface area contributed by atoms with Crippen LogP contribution in [0, 0.1) is 11.6 Å². The molecule has 1 fully saturated rings. The van der Waals surface area contributed by atoms with Crippen LogP contribution in [-0.4, -0.2) is 51.5 Å². The molecule has 4 rings (SSSR count). The number of rotatable bonds is 1. The number of ether oxygens (including phenoxy) is 1. The smallest absolute Gasteiger partial charge is 0.410 e. The van der Waals surface area contributed by atoms with Crippen LogP contribution in [0.4, 0.5) is 13.6 Å². The van der Waals surface area contributed by atoms with Crippen LogP contribution in [0.5, 0.6) is 0 Å². The molecule has 2 aromatic carbocycles. The first-order valence-corrected chi connectivity index (χ1v) is 9.85. The molecule has 0 radical (unpaired) electrons. The molecular weight excluding hydrogens is 392 g/mol. The quantitative estimate of drug-likeness (QED) is 0.635. The van der Waals surface area contributed by atoms with E-state index >= 15 is 0 Å². The highest BCUT2D eigenvalue weighted by Crippen LogP contribution is 2.36. The van der Waals surface area contributed by atoms with Gasteiger partial charge in [-0.05, 0) is 57.2 Å². The first-order valence-electron chi connectivity index (χ1n) is 9.85. The maximum Gasteiger partial charge on any atom is 0.410 e. The molecule has 6 nitrogen and oxygen atoms in total. The van der Waals surface area contributed by atoms with Gasteiger partial charge in [-0.3, -0.25) is 0 Å². The number of amides is 1. The second kappa shape index (κ2) is 7.21. The zero-order chi connectivity index (χ0) is 21.8. The highest BCUT2D eigenvalue weighted by atomic mass is 19.1. The molecule has 1 aromatic heterocycles. The van der Waals surface area contributed by atoms with Crippen LogP contribution in [0.2, 0.25) is 0 Å². The minimum atomic E-state index is -0.961. The number of carbonyl (C=O) groups is 1. The Morgan fingerprint density at radius 3 is 2.10 bits per heavy atom. The SMILES string of the molecule is CC(C)(C)OC(=O)N1C[C@@H](N)[C@H](O)[C@@H](n2c3ccc(F)cc3c3cc(F)ccc32)C1. The van der Waals surface area contributed by atoms with Gasteiger partial charge >= 0.3 is 6.09 Å². The number of aliphatic hydroxyl groups is 1. The molecule has 0 bridgehead atoms. The summed E-state index contributed by atoms with van der Waals surface area (Å²) in [5.74, 6) is -0.885. The van der Waals surface area contributed by atoms with Crippen molar-refractivity contribution in [1.82, 2.24) is 9.47 Å². The molecule has 0 saturated carbocycles. The van der Waals surface area contributed by atoms with Crippen molar-refractivity contribution >= 4 is 27.9 Å². The number of benzene rings is 2. The van der Waals surface area contributed by atoms with Gasteiger partial charge < -0.3 is 25.0 Å². The molecule has 0 unspecified atom stereocenters. The Kier molecular flexibility index (Phi) is 4.94. The number of hydrogen-bond acceptors (Lipinski definition) is 4. The minimum Gasteiger partial charge on any atom is -0.444 e. The summed E-state index contributed by atoms with van der Waals surface area (Å²) in [6.45, 7) is 5.62. The molecule has 1 saturated heterocycles. The molecule has 1 aliphatic rings. The van der Waals surface area contributed by atoms with Gasteiger partial charge in [-0.25, -0.2) is 13.6 Å². The Morgan fingerprint density at radius 1 is 1.07 bits per heavy atom. The molecule has 0 aliphatic carbocycles. The number of fused-ring (bicyclic) bond motifs is 3. The first kappa shape index (κ1) is 20.6. The molecule has 0 spiro atoms. The van der Waals surface area contributed by atoms with Gasteiger partial charge in [0.1, 0.15) is 17.2 Å². The summed E-state index contributed by atoms with van der Waals surface area (Å²) in [6.07, 6.45) is -1.48. The summed E-state index contributed by atoms with van der Waals surface area (Å²) < 4.78 is 35.2. The Hall–Kier alpha value is -2.71. The van der Waals surface area contributed by atoms with Crippen molar-refractivity contribution in [2.24, 2.45) is 5.73 Å². The van der Waals surface area contributed by atoms with Crippen molar-refractivity contribution in [3.63, 3.8) is 0 Å². The van der Waals surface area contributed by atoms with Gasteiger partial charge in [-0.2, -0.15) is 0 Å². The van der Waals surface area contributed by atoms with Crippen LogP contribution in [0.1, 0.15) is 26.8 Å². The number of likely N-dealkylation sites (tertiary alicyclic amines) is 1. The summed E-state index contributed by atoms with van der Waals surface area (Å²) in [4.78, 5) is 14.1. The molecule has 8 heteroatoms. The van der Waals surface area contributed by atoms with Gasteiger partial charge in [-0.1, -0.05) is 0 Å². The third-order valence-electron chi connectivity index (χ3n) is 5.38. The van der Waals surface area contributed by atoms with Crippen molar-refractivity contribution in [2.75, 3.05) is 13.1 Å². The van der Waals surface area contributed by atoms with Crippen LogP contribution >= 0.6 is 0 Å². The molecule has 2 heterocycles. The zero-order valence-electron chi connectivity index (χ0n) is 17.1. The Morgan fingerprint density at radius 2 is 1.60 bits per heavy atom. The number of nitrogens with zero attached hydrogens (tertiary/aromatic N) is 2. The first-order chi connectivity index (χ1) is 14.0. The van der Waals surface area contributed by atoms with Crippen molar-refractivity contribution in [3.05, 3.63) is 48.0 Å². The third kappa shape index (κ3) is 3.61. The predicted molar refractivity (Wildman–Crippen MR) is 110 cm³/mol. The summed E-state index contributed by atoms with van der Waals surface area (Å²) in [5, 5.41) is 12.0. The fourth-order valence-electron chi connectivity index (χ4n) is 4.12. The summed E-state index contributed by atoms with van der Waals surface area (Å²) in [7, 11) is 0. The maximum absolute atomic E-state index is 13.9. The van der Waals surface area contributed by atoms with Gasteiger partial charge in [0.25, 0.3) is 0 Å². The van der Waals surface area contributed by atoms with E-state index in [9.17, 15) is 18.7 Å². The maximum atomic E-state index is 13.9. The van der Waals surface area contributed by atoms with E-state index in [1.54, 1.807) is 32.9 Å². The van der Waals surface area contributed by atoms with Gasteiger partial charge in [0.15, 0.2) is 0 Å². The van der Waals surface area contributed by atoms with E-state index < -0.39 is 41.5 Å². The van der Waals surface area contributed by atoms with Crippen molar-refractivity contribution in [2.45, 2.75) is 44.6 Å². The van der Waals surface area contributed by atoms with Gasteiger partial charge in [0, 0.05) is 34.9 Å². The Balaban J connectivity index is 1.84. The van der Waals surface area contributed by atoms with E-state index in [0.717, 1.165) is 0 Å². The molecule has 1 amide bonds. The lowest BCUT2D eigenvalue weighted by atomic mass is 9.97. The van der Waals surface area contributed by atoms with E-state index in [1.165, 1.54) is 29.2 Å². The number of aliphatic hydroxyl groups excluding tert-OH is 1. The fraction of sp³-hybridized carbons (Fsp3) is 0.409. The second-order valence-electron chi connectivity index (χ2n) is 8.80. The molecular formula is C22H25F2N3O3. The fourth-order valence-corrected chi connectivity index (χ4v) is 4.12. The summed E-state index contributed by atoms with van der Waals surface area (Å²) >= 11 is 0. The van der Waals surface area contributed by atoms with Gasteiger partial charge in [0.05, 0.1) is 18.2 Å². The average molecular weight is 417 g/mol. The zero-order valence-corrected chi connectivity index (χ0v) is 17.1. The molecule has 1 aliphatic heterocycles. The minimum absolute atomic E-state index is 0.146. The number of halogens is 2. The van der Waals surface area contributed by atoms with E-state index in [1.807, 2.05) is 4.57 Å². The molecule has 3 aromatic rings. The number of aromatic nitrogens is 1. The number of carbonyl (C=O) groups excluding carboxylic acids is 1. The second-order valence-corrected chi connectivity index (χ2v) is 8.80. The lowest BCUT2D eigenvalue weighted by Crippen LogP contribution is -2.58. The Labute approximate surface area is 172 Å². The van der Waals surface area contributed by atoms with E-state index in [2.05, 4.69) is 0 Å². The van der Waals surface area contributed by atoms with Crippen LogP contribution in [0.25, 0.3) is 21.8 Å². The number of nitrogens with two attached hydrogens (primary N) is 1. The topological polar surface area (TPSA) is 80.7 Å². The van der Waals surface area contributed by atoms with Crippen LogP contribution < -0.4 is 5.73 Å². The van der Waals surface area contributed by atoms with Gasteiger partial charge in [0.2, 0.25) is 0 Å². The summed E-state index contributed by atoms with van der Waals surface area (Å²) in [6, 6.07) is 7.18. The van der Waals surface area contributed by atoms with E-state index in [-0.39, 0.29) is 13.1 Å². The Bertz CT molecular complexity index is 1060. The van der Waals surface area contributed by atoms with Crippen LogP contribution in [-0.2, 0) is 4.74 Å². The molecule has 160 valence electrons. The van der Waals surface area contributed by atoms with Crippen LogP contribution in [0.15, 0.2) is 36.4 Å². The lowest BCUT2D eigenvalue weighted by Gasteiger charge is -2.41. The van der Waals surface area contributed by atoms with E-state index in [0.29, 0.717) is 21.8 Å². The van der Waals surface area contributed by atoms with Gasteiger partial charge in [-0.15, -0.1) is 0 Å². The predicted octanol–water partition coefficient (Wildman–Crippen LogP) is 3.55. The lowest BCUT2D eigenvalue weighted by molar-refractivity contribution is -0.0120. The summed E-state index contributed by atoms with van der Waals surface area (Å²) in [5.41, 5.74) is 6.75. The highest BCUT2D eigenvalue weighted by molar-refractivity contribution is 6.08. The number of piperidine rings is 1. The van der Waals surface area contributed by atoms with Crippen molar-refractivity contribution < 1.29 is 23.4 Å². The van der Waals surface area contributed by atoms with Crippen LogP contribution in [0.3, 0.4) is 0 Å². The van der Waals surface area contributed by atoms with Crippen molar-refractivity contribution in [3.8, 4) is 0 Å². The average Bonchev–Trinajstić information content (AvgIpc) is 2.95. The molecule has 3 atom stereocenters. The monoisotopic (exact) mass is 417 g/mol. The van der Waals surface area contributed by atoms with E-state index in [4.69, 9.17) is 10.5 Å². The highest BCUT2D eigenvalue weighted by Gasteiger charge is 2.39. The largest absolute Gasteiger partial charge is 0.444 e. The number of hydrogen-bond donors (Lipinski definition) is 2. The standard InChI is InChI=1S/C22H25F2N3O3/c1-22(2,3)30-21(29)26-10-16(25)20(28)19(11-26)27-17-6-4-12(23)8-14(17)15-9-13(24)5-7-18(15)27/h4-9,16,19-20,28H,10-11,25H2,1-3H3/t16-,19+,20+/m1/s1. The van der Waals surface area contributed by atoms with Crippen molar-refractivity contribution in [1.29, 1.82) is 0 Å².